The lowest BCUT2D eigenvalue weighted by Gasteiger charge is -2.47. The van der Waals surface area contributed by atoms with Crippen LogP contribution < -0.4 is 4.74 Å². The molecule has 1 heterocycles. The van der Waals surface area contributed by atoms with Gasteiger partial charge in [-0.15, -0.1) is 0 Å². The molecule has 8 heteroatoms. The first kappa shape index (κ1) is 21.9. The summed E-state index contributed by atoms with van der Waals surface area (Å²) in [5.74, 6) is -1.78. The van der Waals surface area contributed by atoms with Crippen LogP contribution in [0.5, 0.6) is 5.75 Å². The third-order valence-electron chi connectivity index (χ3n) is 5.87. The standard InChI is InChI=1S/C23H23N5O3/c1-3-30-19-8-6-5-7-16(19)20-18-12-28(22(29)31-4-2)10-9-15(18)17(11-24)21(27)23(20,13-25)14-26/h5-9,17-18,20,27H,3-4,10,12H2,1-2H3/t17-,18+,20+/m1/s1. The summed E-state index contributed by atoms with van der Waals surface area (Å²) in [6.07, 6.45) is 1.26. The topological polar surface area (TPSA) is 134 Å². The highest BCUT2D eigenvalue weighted by Crippen LogP contribution is 2.55. The lowest BCUT2D eigenvalue weighted by atomic mass is 9.54. The third kappa shape index (κ3) is 3.49. The van der Waals surface area contributed by atoms with Crippen LogP contribution in [0, 0.1) is 56.7 Å². The number of ether oxygens (including phenoxy) is 2. The van der Waals surface area contributed by atoms with Crippen molar-refractivity contribution >= 4 is 11.8 Å². The molecule has 0 saturated heterocycles. The zero-order chi connectivity index (χ0) is 22.6. The number of carbonyl (C=O) groups excluding carboxylic acids is 1. The molecule has 1 saturated carbocycles. The summed E-state index contributed by atoms with van der Waals surface area (Å²) in [6, 6.07) is 13.3. The van der Waals surface area contributed by atoms with Gasteiger partial charge in [-0.2, -0.15) is 15.8 Å². The Morgan fingerprint density at radius 1 is 1.23 bits per heavy atom. The molecule has 3 rings (SSSR count). The number of nitriles is 3. The second kappa shape index (κ2) is 8.90. The van der Waals surface area contributed by atoms with Crippen LogP contribution in [0.4, 0.5) is 4.79 Å². The van der Waals surface area contributed by atoms with Crippen molar-refractivity contribution in [2.75, 3.05) is 26.3 Å². The quantitative estimate of drug-likeness (QED) is 0.746. The van der Waals surface area contributed by atoms with Gasteiger partial charge in [0, 0.05) is 30.5 Å². The number of carbonyl (C=O) groups is 1. The van der Waals surface area contributed by atoms with Crippen molar-refractivity contribution in [3.63, 3.8) is 0 Å². The molecule has 0 bridgehead atoms. The number of hydrogen-bond acceptors (Lipinski definition) is 7. The van der Waals surface area contributed by atoms with E-state index in [2.05, 4.69) is 6.07 Å². The number of fused-ring (bicyclic) bond motifs is 1. The maximum absolute atomic E-state index is 12.4. The van der Waals surface area contributed by atoms with Gasteiger partial charge in [-0.25, -0.2) is 4.79 Å². The summed E-state index contributed by atoms with van der Waals surface area (Å²) in [5.41, 5.74) is -0.836. The van der Waals surface area contributed by atoms with Gasteiger partial charge in [0.2, 0.25) is 0 Å². The van der Waals surface area contributed by atoms with Crippen LogP contribution in [0.15, 0.2) is 35.9 Å². The molecule has 0 aromatic heterocycles. The van der Waals surface area contributed by atoms with Crippen molar-refractivity contribution in [3.05, 3.63) is 41.5 Å². The van der Waals surface area contributed by atoms with Crippen LogP contribution in [0.2, 0.25) is 0 Å². The predicted molar refractivity (Wildman–Crippen MR) is 111 cm³/mol. The third-order valence-corrected chi connectivity index (χ3v) is 5.87. The molecule has 1 aliphatic carbocycles. The van der Waals surface area contributed by atoms with Gasteiger partial charge in [0.15, 0.2) is 5.41 Å². The molecule has 1 N–H and O–H groups in total. The van der Waals surface area contributed by atoms with Crippen LogP contribution in [0.3, 0.4) is 0 Å². The van der Waals surface area contributed by atoms with E-state index < -0.39 is 29.3 Å². The van der Waals surface area contributed by atoms with Gasteiger partial charge in [0.05, 0.1) is 37.1 Å². The molecular weight excluding hydrogens is 394 g/mol. The van der Waals surface area contributed by atoms with Crippen molar-refractivity contribution < 1.29 is 14.3 Å². The second-order valence-corrected chi connectivity index (χ2v) is 7.37. The lowest BCUT2D eigenvalue weighted by molar-refractivity contribution is 0.0991. The Bertz CT molecular complexity index is 1030. The molecule has 1 aromatic carbocycles. The van der Waals surface area contributed by atoms with Crippen molar-refractivity contribution in [1.29, 1.82) is 21.2 Å². The second-order valence-electron chi connectivity index (χ2n) is 7.37. The van der Waals surface area contributed by atoms with E-state index >= 15 is 0 Å². The lowest BCUT2D eigenvalue weighted by Crippen LogP contribution is -2.53. The molecule has 1 amide bonds. The van der Waals surface area contributed by atoms with Crippen molar-refractivity contribution in [3.8, 4) is 24.0 Å². The van der Waals surface area contributed by atoms with Crippen LogP contribution in [-0.2, 0) is 4.74 Å². The molecule has 0 radical (unpaired) electrons. The largest absolute Gasteiger partial charge is 0.494 e. The molecule has 1 fully saturated rings. The van der Waals surface area contributed by atoms with Gasteiger partial charge in [-0.1, -0.05) is 24.3 Å². The molecule has 2 aliphatic rings. The number of benzene rings is 1. The molecule has 3 atom stereocenters. The van der Waals surface area contributed by atoms with Crippen molar-refractivity contribution in [2.24, 2.45) is 17.3 Å². The summed E-state index contributed by atoms with van der Waals surface area (Å²) in [4.78, 5) is 13.9. The summed E-state index contributed by atoms with van der Waals surface area (Å²) in [5, 5.41) is 38.7. The summed E-state index contributed by atoms with van der Waals surface area (Å²) in [6.45, 7) is 4.57. The fraction of sp³-hybridized carbons (Fsp3) is 0.435. The first-order valence-electron chi connectivity index (χ1n) is 10.1. The van der Waals surface area contributed by atoms with Crippen molar-refractivity contribution in [1.82, 2.24) is 4.90 Å². The first-order chi connectivity index (χ1) is 15.0. The van der Waals surface area contributed by atoms with Gasteiger partial charge in [0.25, 0.3) is 0 Å². The fourth-order valence-corrected chi connectivity index (χ4v) is 4.54. The van der Waals surface area contributed by atoms with E-state index in [0.717, 1.165) is 0 Å². The smallest absolute Gasteiger partial charge is 0.410 e. The van der Waals surface area contributed by atoms with Crippen LogP contribution in [-0.4, -0.2) is 43.0 Å². The number of rotatable bonds is 4. The molecule has 31 heavy (non-hydrogen) atoms. The Kier molecular flexibility index (Phi) is 6.28. The van der Waals surface area contributed by atoms with Gasteiger partial charge < -0.3 is 19.8 Å². The minimum Gasteiger partial charge on any atom is -0.494 e. The van der Waals surface area contributed by atoms with Gasteiger partial charge in [0.1, 0.15) is 11.7 Å². The highest BCUT2D eigenvalue weighted by atomic mass is 16.6. The maximum atomic E-state index is 12.4. The maximum Gasteiger partial charge on any atom is 0.410 e. The van der Waals surface area contributed by atoms with E-state index in [1.165, 1.54) is 4.90 Å². The van der Waals surface area contributed by atoms with Gasteiger partial charge >= 0.3 is 6.09 Å². The monoisotopic (exact) mass is 417 g/mol. The number of para-hydroxylation sites is 1. The van der Waals surface area contributed by atoms with E-state index in [1.54, 1.807) is 37.3 Å². The summed E-state index contributed by atoms with van der Waals surface area (Å²) >= 11 is 0. The van der Waals surface area contributed by atoms with Crippen LogP contribution in [0.1, 0.15) is 25.3 Å². The zero-order valence-corrected chi connectivity index (χ0v) is 17.5. The molecule has 158 valence electrons. The fourth-order valence-electron chi connectivity index (χ4n) is 4.54. The number of amides is 1. The van der Waals surface area contributed by atoms with E-state index in [0.29, 0.717) is 23.5 Å². The van der Waals surface area contributed by atoms with E-state index in [9.17, 15) is 20.6 Å². The number of nitrogens with zero attached hydrogens (tertiary/aromatic N) is 4. The normalized spacial score (nSPS) is 24.0. The zero-order valence-electron chi connectivity index (χ0n) is 17.5. The van der Waals surface area contributed by atoms with E-state index in [1.807, 2.05) is 19.1 Å². The Balaban J connectivity index is 2.23. The summed E-state index contributed by atoms with van der Waals surface area (Å²) in [7, 11) is 0. The van der Waals surface area contributed by atoms with E-state index in [4.69, 9.17) is 14.9 Å². The highest BCUT2D eigenvalue weighted by Gasteiger charge is 2.58. The van der Waals surface area contributed by atoms with Crippen LogP contribution in [0.25, 0.3) is 0 Å². The SMILES string of the molecule is CCOC(=O)N1CC=C2[C@@H](C#N)C(=N)C(C#N)(C#N)[C@@H](c3ccccc3OCC)[C@H]2C1. The Morgan fingerprint density at radius 2 is 1.94 bits per heavy atom. The Morgan fingerprint density at radius 3 is 2.55 bits per heavy atom. The average Bonchev–Trinajstić information content (AvgIpc) is 2.79. The summed E-state index contributed by atoms with van der Waals surface area (Å²) < 4.78 is 10.9. The minimum absolute atomic E-state index is 0.173. The van der Waals surface area contributed by atoms with Crippen LogP contribution >= 0.6 is 0 Å². The Labute approximate surface area is 181 Å². The van der Waals surface area contributed by atoms with Crippen molar-refractivity contribution in [2.45, 2.75) is 19.8 Å². The molecule has 0 unspecified atom stereocenters. The average molecular weight is 417 g/mol. The molecule has 1 aliphatic heterocycles. The highest BCUT2D eigenvalue weighted by molar-refractivity contribution is 6.01. The van der Waals surface area contributed by atoms with E-state index in [-0.39, 0.29) is 25.4 Å². The predicted octanol–water partition coefficient (Wildman–Crippen LogP) is 3.39. The Hall–Kier alpha value is -3.83. The molecule has 0 spiro atoms. The molecule has 8 nitrogen and oxygen atoms in total. The number of hydrogen-bond donors (Lipinski definition) is 1. The first-order valence-corrected chi connectivity index (χ1v) is 10.1. The number of nitrogens with one attached hydrogen (secondary N) is 1. The van der Waals surface area contributed by atoms with Gasteiger partial charge in [-0.05, 0) is 25.5 Å². The minimum atomic E-state index is -1.87. The molecular formula is C23H23N5O3. The molecule has 1 aromatic rings. The van der Waals surface area contributed by atoms with Gasteiger partial charge in [-0.3, -0.25) is 0 Å².